The second kappa shape index (κ2) is 10.5. The Balaban J connectivity index is 1.75. The SMILES string of the molecule is CC(C)(C)OC(=O)N(CCc1ncc(CC(N)=O)[nH]1)Cc1ccc(-c2ccccc2)c(Cl)c1. The maximum Gasteiger partial charge on any atom is 0.410 e. The Labute approximate surface area is 198 Å². The summed E-state index contributed by atoms with van der Waals surface area (Å²) in [7, 11) is 0. The molecule has 0 saturated heterocycles. The lowest BCUT2D eigenvalue weighted by molar-refractivity contribution is -0.117. The van der Waals surface area contributed by atoms with E-state index in [-0.39, 0.29) is 6.42 Å². The number of H-pyrrole nitrogens is 1. The number of nitrogens with two attached hydrogens (primary N) is 1. The molecule has 33 heavy (non-hydrogen) atoms. The summed E-state index contributed by atoms with van der Waals surface area (Å²) < 4.78 is 5.60. The molecule has 0 atom stereocenters. The van der Waals surface area contributed by atoms with Crippen molar-refractivity contribution in [3.8, 4) is 11.1 Å². The zero-order chi connectivity index (χ0) is 24.0. The molecule has 0 saturated carbocycles. The lowest BCUT2D eigenvalue weighted by Crippen LogP contribution is -2.37. The minimum atomic E-state index is -0.622. The summed E-state index contributed by atoms with van der Waals surface area (Å²) in [4.78, 5) is 33.0. The van der Waals surface area contributed by atoms with Crippen LogP contribution in [0.1, 0.15) is 37.9 Å². The normalized spacial score (nSPS) is 11.3. The van der Waals surface area contributed by atoms with Gasteiger partial charge < -0.3 is 20.4 Å². The van der Waals surface area contributed by atoms with Crippen LogP contribution in [0.5, 0.6) is 0 Å². The van der Waals surface area contributed by atoms with E-state index in [0.29, 0.717) is 36.1 Å². The number of carbonyl (C=O) groups excluding carboxylic acids is 2. The monoisotopic (exact) mass is 468 g/mol. The van der Waals surface area contributed by atoms with Crippen molar-refractivity contribution in [2.24, 2.45) is 5.73 Å². The van der Waals surface area contributed by atoms with E-state index in [1.54, 1.807) is 11.1 Å². The first-order valence-corrected chi connectivity index (χ1v) is 11.1. The fourth-order valence-corrected chi connectivity index (χ4v) is 3.65. The molecule has 3 rings (SSSR count). The molecule has 0 aliphatic carbocycles. The van der Waals surface area contributed by atoms with Crippen LogP contribution in [-0.2, 0) is 28.9 Å². The number of nitrogens with zero attached hydrogens (tertiary/aromatic N) is 2. The van der Waals surface area contributed by atoms with Gasteiger partial charge in [0.25, 0.3) is 0 Å². The molecule has 174 valence electrons. The summed E-state index contributed by atoms with van der Waals surface area (Å²) in [5, 5.41) is 0.616. The Kier molecular flexibility index (Phi) is 7.76. The van der Waals surface area contributed by atoms with Crippen molar-refractivity contribution in [2.75, 3.05) is 6.54 Å². The van der Waals surface area contributed by atoms with Gasteiger partial charge in [0.05, 0.1) is 6.42 Å². The topological polar surface area (TPSA) is 101 Å². The van der Waals surface area contributed by atoms with Crippen LogP contribution in [-0.4, -0.2) is 39.0 Å². The highest BCUT2D eigenvalue weighted by atomic mass is 35.5. The second-order valence-corrected chi connectivity index (χ2v) is 9.24. The quantitative estimate of drug-likeness (QED) is 0.498. The number of carbonyl (C=O) groups is 2. The van der Waals surface area contributed by atoms with Gasteiger partial charge in [-0.1, -0.05) is 54.1 Å². The van der Waals surface area contributed by atoms with Gasteiger partial charge in [0.1, 0.15) is 11.4 Å². The smallest absolute Gasteiger partial charge is 0.410 e. The van der Waals surface area contributed by atoms with Gasteiger partial charge in [-0.15, -0.1) is 0 Å². The number of nitrogens with one attached hydrogen (secondary N) is 1. The Hall–Kier alpha value is -3.32. The molecule has 1 heterocycles. The third-order valence-electron chi connectivity index (χ3n) is 4.81. The van der Waals surface area contributed by atoms with E-state index < -0.39 is 17.6 Å². The molecule has 2 amide bonds. The van der Waals surface area contributed by atoms with Crippen LogP contribution >= 0.6 is 11.6 Å². The van der Waals surface area contributed by atoms with Crippen molar-refractivity contribution in [3.05, 3.63) is 76.8 Å². The number of halogens is 1. The van der Waals surface area contributed by atoms with Crippen LogP contribution in [0.2, 0.25) is 5.02 Å². The average Bonchev–Trinajstić information content (AvgIpc) is 3.17. The lowest BCUT2D eigenvalue weighted by Gasteiger charge is -2.27. The summed E-state index contributed by atoms with van der Waals surface area (Å²) in [6.07, 6.45) is 1.72. The van der Waals surface area contributed by atoms with E-state index in [2.05, 4.69) is 9.97 Å². The molecule has 0 unspecified atom stereocenters. The molecule has 0 aliphatic heterocycles. The van der Waals surface area contributed by atoms with Crippen molar-refractivity contribution >= 4 is 23.6 Å². The first-order valence-electron chi connectivity index (χ1n) is 10.7. The molecular formula is C25H29ClN4O3. The minimum absolute atomic E-state index is 0.0923. The molecule has 0 bridgehead atoms. The molecule has 0 fully saturated rings. The Morgan fingerprint density at radius 1 is 1.15 bits per heavy atom. The van der Waals surface area contributed by atoms with Crippen molar-refractivity contribution < 1.29 is 14.3 Å². The summed E-state index contributed by atoms with van der Waals surface area (Å²) in [6.45, 7) is 6.20. The molecule has 0 aliphatic rings. The lowest BCUT2D eigenvalue weighted by atomic mass is 10.0. The number of rotatable bonds is 8. The highest BCUT2D eigenvalue weighted by Gasteiger charge is 2.23. The number of ether oxygens (including phenoxy) is 1. The first kappa shape index (κ1) is 24.3. The molecule has 0 spiro atoms. The minimum Gasteiger partial charge on any atom is -0.444 e. The van der Waals surface area contributed by atoms with Gasteiger partial charge in [-0.25, -0.2) is 9.78 Å². The molecule has 8 heteroatoms. The van der Waals surface area contributed by atoms with Gasteiger partial charge in [-0.05, 0) is 38.0 Å². The van der Waals surface area contributed by atoms with Gasteiger partial charge in [-0.3, -0.25) is 4.79 Å². The van der Waals surface area contributed by atoms with Crippen molar-refractivity contribution in [1.82, 2.24) is 14.9 Å². The van der Waals surface area contributed by atoms with E-state index in [9.17, 15) is 9.59 Å². The van der Waals surface area contributed by atoms with E-state index in [1.807, 2.05) is 69.3 Å². The fourth-order valence-electron chi connectivity index (χ4n) is 3.34. The zero-order valence-electron chi connectivity index (χ0n) is 19.1. The highest BCUT2D eigenvalue weighted by Crippen LogP contribution is 2.29. The predicted molar refractivity (Wildman–Crippen MR) is 129 cm³/mol. The zero-order valence-corrected chi connectivity index (χ0v) is 19.9. The molecule has 2 aromatic carbocycles. The number of imidazole rings is 1. The van der Waals surface area contributed by atoms with Crippen LogP contribution in [0, 0.1) is 0 Å². The standard InChI is InChI=1S/C25H29ClN4O3/c1-25(2,3)33-24(32)30(12-11-23-28-15-19(29-23)14-22(27)31)16-17-9-10-20(21(26)13-17)18-7-5-4-6-8-18/h4-10,13,15H,11-12,14,16H2,1-3H3,(H2,27,31)(H,28,29). The maximum atomic E-state index is 12.9. The summed E-state index contributed by atoms with van der Waals surface area (Å²) >= 11 is 6.56. The molecule has 1 aromatic heterocycles. The van der Waals surface area contributed by atoms with Gasteiger partial charge in [-0.2, -0.15) is 0 Å². The van der Waals surface area contributed by atoms with Crippen molar-refractivity contribution in [1.29, 1.82) is 0 Å². The summed E-state index contributed by atoms with van der Waals surface area (Å²) in [6, 6.07) is 15.7. The molecule has 3 N–H and O–H groups in total. The summed E-state index contributed by atoms with van der Waals surface area (Å²) in [5.74, 6) is 0.230. The maximum absolute atomic E-state index is 12.9. The second-order valence-electron chi connectivity index (χ2n) is 8.83. The van der Waals surface area contributed by atoms with Gasteiger partial charge in [0.15, 0.2) is 0 Å². The van der Waals surface area contributed by atoms with Crippen LogP contribution in [0.4, 0.5) is 4.79 Å². The molecular weight excluding hydrogens is 440 g/mol. The van der Waals surface area contributed by atoms with Gasteiger partial charge in [0.2, 0.25) is 5.91 Å². The van der Waals surface area contributed by atoms with Gasteiger partial charge in [0, 0.05) is 42.0 Å². The Morgan fingerprint density at radius 2 is 1.88 bits per heavy atom. The predicted octanol–water partition coefficient (Wildman–Crippen LogP) is 4.74. The van der Waals surface area contributed by atoms with E-state index in [1.165, 1.54) is 0 Å². The van der Waals surface area contributed by atoms with Crippen LogP contribution in [0.25, 0.3) is 11.1 Å². The largest absolute Gasteiger partial charge is 0.444 e. The van der Waals surface area contributed by atoms with E-state index >= 15 is 0 Å². The number of hydrogen-bond acceptors (Lipinski definition) is 4. The van der Waals surface area contributed by atoms with Crippen molar-refractivity contribution in [2.45, 2.75) is 45.8 Å². The van der Waals surface area contributed by atoms with E-state index in [4.69, 9.17) is 22.1 Å². The third kappa shape index (κ3) is 7.36. The highest BCUT2D eigenvalue weighted by molar-refractivity contribution is 6.33. The van der Waals surface area contributed by atoms with Crippen LogP contribution in [0.15, 0.2) is 54.7 Å². The number of benzene rings is 2. The third-order valence-corrected chi connectivity index (χ3v) is 5.12. The molecule has 7 nitrogen and oxygen atoms in total. The van der Waals surface area contributed by atoms with Crippen LogP contribution < -0.4 is 5.73 Å². The van der Waals surface area contributed by atoms with E-state index in [0.717, 1.165) is 16.7 Å². The number of aromatic nitrogens is 2. The van der Waals surface area contributed by atoms with Gasteiger partial charge >= 0.3 is 6.09 Å². The number of primary amides is 1. The number of aromatic amines is 1. The molecule has 3 aromatic rings. The average molecular weight is 469 g/mol. The summed E-state index contributed by atoms with van der Waals surface area (Å²) in [5.41, 5.74) is 8.11. The Morgan fingerprint density at radius 3 is 2.52 bits per heavy atom. The first-order chi connectivity index (χ1) is 15.6. The number of amides is 2. The van der Waals surface area contributed by atoms with Crippen molar-refractivity contribution in [3.63, 3.8) is 0 Å². The Bertz CT molecular complexity index is 1110. The fraction of sp³-hybridized carbons (Fsp3) is 0.320. The number of hydrogen-bond donors (Lipinski definition) is 2. The molecule has 0 radical (unpaired) electrons. The van der Waals surface area contributed by atoms with Crippen LogP contribution in [0.3, 0.4) is 0 Å².